The third-order valence-corrected chi connectivity index (χ3v) is 12.4. The quantitative estimate of drug-likeness (QED) is 0.131. The maximum absolute atomic E-state index is 12.6. The average Bonchev–Trinajstić information content (AvgIpc) is 3.50. The largest absolute Gasteiger partial charge is 0.458 e. The lowest BCUT2D eigenvalue weighted by Gasteiger charge is -2.66. The Bertz CT molecular complexity index is 1180. The van der Waals surface area contributed by atoms with Crippen molar-refractivity contribution in [2.24, 2.45) is 39.4 Å². The maximum atomic E-state index is 12.6. The summed E-state index contributed by atoms with van der Waals surface area (Å²) in [5, 5.41) is 39.7. The van der Waals surface area contributed by atoms with E-state index in [9.17, 15) is 24.9 Å². The molecule has 12 nitrogen and oxygen atoms in total. The number of cyclic esters (lactones) is 1. The predicted octanol–water partition coefficient (Wildman–Crippen LogP) is 1.89. The van der Waals surface area contributed by atoms with Crippen LogP contribution in [-0.4, -0.2) is 89.2 Å². The number of methoxy groups -OCH3 is 1. The molecule has 1 saturated heterocycles. The van der Waals surface area contributed by atoms with E-state index in [0.29, 0.717) is 44.9 Å². The topological polar surface area (TPSA) is 182 Å². The van der Waals surface area contributed by atoms with Gasteiger partial charge in [-0.3, -0.25) is 0 Å². The van der Waals surface area contributed by atoms with Crippen LogP contribution >= 0.6 is 0 Å². The number of carbonyl (C=O) groups excluding carboxylic acids is 2. The maximum Gasteiger partial charge on any atom is 0.332 e. The third-order valence-electron chi connectivity index (χ3n) is 12.4. The molecule has 0 radical (unpaired) electrons. The second kappa shape index (κ2) is 11.1. The molecule has 2 aliphatic heterocycles. The Kier molecular flexibility index (Phi) is 7.95. The number of aliphatic hydroxyl groups is 3. The highest BCUT2D eigenvalue weighted by Gasteiger charge is 2.71. The highest BCUT2D eigenvalue weighted by atomic mass is 16.7. The predicted molar refractivity (Wildman–Crippen MR) is 153 cm³/mol. The summed E-state index contributed by atoms with van der Waals surface area (Å²) in [4.78, 5) is 23.5. The van der Waals surface area contributed by atoms with Crippen molar-refractivity contribution in [3.8, 4) is 0 Å². The van der Waals surface area contributed by atoms with E-state index < -0.39 is 52.7 Å². The summed E-state index contributed by atoms with van der Waals surface area (Å²) >= 11 is 0. The number of nitrogens with zero attached hydrogens (tertiary/aromatic N) is 1. The lowest BCUT2D eigenvalue weighted by molar-refractivity contribution is -0.284. The normalized spacial score (nSPS) is 49.5. The Balaban J connectivity index is 1.27. The summed E-state index contributed by atoms with van der Waals surface area (Å²) in [6.07, 6.45) is 6.66. The van der Waals surface area contributed by atoms with Crippen LogP contribution in [0.25, 0.3) is 0 Å². The summed E-state index contributed by atoms with van der Waals surface area (Å²) in [5.41, 5.74) is 5.22. The van der Waals surface area contributed by atoms with Gasteiger partial charge in [-0.05, 0) is 81.6 Å². The van der Waals surface area contributed by atoms with Gasteiger partial charge in [0.05, 0.1) is 29.5 Å². The smallest absolute Gasteiger partial charge is 0.332 e. The highest BCUT2D eigenvalue weighted by Crippen LogP contribution is 2.70. The lowest BCUT2D eigenvalue weighted by atomic mass is 9.41. The number of primary amides is 1. The molecule has 0 aromatic carbocycles. The van der Waals surface area contributed by atoms with E-state index in [1.165, 1.54) is 0 Å². The van der Waals surface area contributed by atoms with Crippen LogP contribution < -0.4 is 11.2 Å². The van der Waals surface area contributed by atoms with Crippen molar-refractivity contribution in [3.05, 3.63) is 11.6 Å². The van der Waals surface area contributed by atoms with E-state index in [1.54, 1.807) is 26.3 Å². The molecule has 4 saturated carbocycles. The Labute approximate surface area is 252 Å². The molecule has 2 heterocycles. The number of fused-ring (bicyclic) bond motifs is 5. The molecule has 0 bridgehead atoms. The summed E-state index contributed by atoms with van der Waals surface area (Å²) in [5.74, 6) is -0.442. The molecule has 0 spiro atoms. The number of nitrogens with one attached hydrogen (secondary N) is 1. The van der Waals surface area contributed by atoms with Crippen LogP contribution in [-0.2, 0) is 23.7 Å². The first-order chi connectivity index (χ1) is 20.4. The van der Waals surface area contributed by atoms with Crippen LogP contribution in [0.2, 0.25) is 0 Å². The van der Waals surface area contributed by atoms with Gasteiger partial charge in [0.2, 0.25) is 0 Å². The number of hydrazone groups is 1. The number of hydrogen-bond acceptors (Lipinski definition) is 10. The number of hydrogen-bond donors (Lipinski definition) is 5. The summed E-state index contributed by atoms with van der Waals surface area (Å²) in [7, 11) is 1.56. The van der Waals surface area contributed by atoms with Crippen LogP contribution in [0.3, 0.4) is 0 Å². The van der Waals surface area contributed by atoms with Crippen molar-refractivity contribution in [3.63, 3.8) is 0 Å². The zero-order valence-corrected chi connectivity index (χ0v) is 25.4. The van der Waals surface area contributed by atoms with Gasteiger partial charge in [-0.15, -0.1) is 0 Å². The molecule has 240 valence electrons. The van der Waals surface area contributed by atoms with Crippen molar-refractivity contribution in [2.45, 2.75) is 120 Å². The van der Waals surface area contributed by atoms with Crippen LogP contribution in [0.1, 0.15) is 78.1 Å². The molecule has 12 heteroatoms. The second-order valence-corrected chi connectivity index (χ2v) is 14.1. The standard InChI is InChI=1S/C31H47N3O9/c1-17-26(36)23(40-3)13-25(42-17)43-19-4-9-29(16-33-34-27(32)37)21-5-8-28(2)20(18-12-24(35)41-15-18)7-11-31(28,39)22(21)6-10-30(29,38)14-19/h12,16-17,19-23,25-26,36,38-39H,4-11,13-15H2,1-3H3,(H3,32,34,37)/b33-16+/t17-,19-,20+,21+,22-,23-,25+,26+,28-,29+,30+,31+/m1/s1. The Morgan fingerprint density at radius 3 is 2.63 bits per heavy atom. The van der Waals surface area contributed by atoms with Crippen molar-refractivity contribution in [1.29, 1.82) is 0 Å². The van der Waals surface area contributed by atoms with Crippen molar-refractivity contribution < 1.29 is 43.9 Å². The third kappa shape index (κ3) is 4.84. The van der Waals surface area contributed by atoms with E-state index >= 15 is 0 Å². The van der Waals surface area contributed by atoms with E-state index in [4.69, 9.17) is 24.7 Å². The van der Waals surface area contributed by atoms with Gasteiger partial charge in [0.1, 0.15) is 12.7 Å². The minimum Gasteiger partial charge on any atom is -0.458 e. The molecule has 4 aliphatic carbocycles. The minimum atomic E-state index is -1.20. The molecular weight excluding hydrogens is 558 g/mol. The SMILES string of the molecule is CO[C@@H]1C[C@H](O[C@@H]2CC[C@]3(/C=N/NC(N)=O)[C@H]4CC[C@]5(C)[C@H](C6=CC(=O)OC6)CC[C@]5(O)[C@@H]4CC[C@]3(O)C2)O[C@H](C)[C@@H]1O. The number of esters is 1. The van der Waals surface area contributed by atoms with Gasteiger partial charge in [0.15, 0.2) is 6.29 Å². The van der Waals surface area contributed by atoms with Gasteiger partial charge in [0.25, 0.3) is 0 Å². The fraction of sp³-hybridized carbons (Fsp3) is 0.839. The Morgan fingerprint density at radius 2 is 1.93 bits per heavy atom. The van der Waals surface area contributed by atoms with Crippen LogP contribution in [0.5, 0.6) is 0 Å². The first-order valence-electron chi connectivity index (χ1n) is 15.8. The number of amides is 2. The molecule has 5 fully saturated rings. The first-order valence-corrected chi connectivity index (χ1v) is 15.8. The number of rotatable bonds is 6. The van der Waals surface area contributed by atoms with E-state index in [2.05, 4.69) is 17.5 Å². The molecule has 12 atom stereocenters. The van der Waals surface area contributed by atoms with Crippen LogP contribution in [0, 0.1) is 28.6 Å². The van der Waals surface area contributed by atoms with Gasteiger partial charge < -0.3 is 40.0 Å². The van der Waals surface area contributed by atoms with Gasteiger partial charge in [-0.25, -0.2) is 15.0 Å². The molecule has 6 N–H and O–H groups in total. The monoisotopic (exact) mass is 605 g/mol. The van der Waals surface area contributed by atoms with Gasteiger partial charge >= 0.3 is 12.0 Å². The molecule has 43 heavy (non-hydrogen) atoms. The van der Waals surface area contributed by atoms with Crippen molar-refractivity contribution in [1.82, 2.24) is 5.43 Å². The summed E-state index contributed by atoms with van der Waals surface area (Å²) in [6.45, 7) is 4.23. The van der Waals surface area contributed by atoms with Gasteiger partial charge in [-0.1, -0.05) is 6.92 Å². The zero-order valence-electron chi connectivity index (χ0n) is 25.4. The number of aliphatic hydroxyl groups excluding tert-OH is 1. The van der Waals surface area contributed by atoms with Gasteiger partial charge in [-0.2, -0.15) is 5.10 Å². The van der Waals surface area contributed by atoms with E-state index in [-0.39, 0.29) is 36.4 Å². The highest BCUT2D eigenvalue weighted by molar-refractivity contribution is 5.85. The minimum absolute atomic E-state index is 0.0586. The summed E-state index contributed by atoms with van der Waals surface area (Å²) < 4.78 is 23.1. The molecule has 2 amide bonds. The number of carbonyl (C=O) groups is 2. The summed E-state index contributed by atoms with van der Waals surface area (Å²) in [6, 6.07) is -0.783. The number of urea groups is 1. The van der Waals surface area contributed by atoms with Crippen LogP contribution in [0.15, 0.2) is 16.8 Å². The molecule has 0 unspecified atom stereocenters. The first kappa shape index (κ1) is 30.9. The fourth-order valence-corrected chi connectivity index (χ4v) is 10.2. The van der Waals surface area contributed by atoms with E-state index in [1.807, 2.05) is 0 Å². The molecule has 6 rings (SSSR count). The average molecular weight is 606 g/mol. The van der Waals surface area contributed by atoms with Crippen LogP contribution in [0.4, 0.5) is 4.79 Å². The fourth-order valence-electron chi connectivity index (χ4n) is 10.2. The molecule has 0 aromatic heterocycles. The van der Waals surface area contributed by atoms with Gasteiger partial charge in [0, 0.05) is 43.1 Å². The van der Waals surface area contributed by atoms with E-state index in [0.717, 1.165) is 24.8 Å². The lowest BCUT2D eigenvalue weighted by Crippen LogP contribution is -2.69. The number of ether oxygens (including phenoxy) is 4. The number of nitrogens with two attached hydrogens (primary N) is 1. The van der Waals surface area contributed by atoms with Crippen molar-refractivity contribution in [2.75, 3.05) is 13.7 Å². The Morgan fingerprint density at radius 1 is 1.16 bits per heavy atom. The molecule has 6 aliphatic rings. The molecular formula is C31H47N3O9. The second-order valence-electron chi connectivity index (χ2n) is 14.1. The zero-order chi connectivity index (χ0) is 30.8. The molecule has 0 aromatic rings. The van der Waals surface area contributed by atoms with Crippen molar-refractivity contribution >= 4 is 18.2 Å². The Hall–Kier alpha value is -2.09.